The summed E-state index contributed by atoms with van der Waals surface area (Å²) in [5, 5.41) is 0. The minimum absolute atomic E-state index is 0.124. The van der Waals surface area contributed by atoms with Crippen LogP contribution in [0.2, 0.25) is 0 Å². The fourth-order valence-electron chi connectivity index (χ4n) is 2.79. The largest absolute Gasteiger partial charge is 0.330 e. The van der Waals surface area contributed by atoms with Crippen molar-refractivity contribution in [2.75, 3.05) is 6.54 Å². The predicted octanol–water partition coefficient (Wildman–Crippen LogP) is 2.72. The van der Waals surface area contributed by atoms with Gasteiger partial charge in [0.25, 0.3) is 0 Å². The Morgan fingerprint density at radius 3 is 1.94 bits per heavy atom. The van der Waals surface area contributed by atoms with Crippen LogP contribution in [0.15, 0.2) is 48.5 Å². The number of rotatable bonds is 3. The first-order valence-corrected chi connectivity index (χ1v) is 6.24. The summed E-state index contributed by atoms with van der Waals surface area (Å²) >= 11 is 0. The minimum Gasteiger partial charge on any atom is -0.330 e. The Balaban J connectivity index is 2.18. The molecule has 0 radical (unpaired) electrons. The first-order valence-electron chi connectivity index (χ1n) is 6.24. The molecule has 0 bridgehead atoms. The van der Waals surface area contributed by atoms with E-state index in [1.807, 2.05) is 24.3 Å². The Labute approximate surface area is 106 Å². The smallest absolute Gasteiger partial charge is 0.146 e. The van der Waals surface area contributed by atoms with Crippen molar-refractivity contribution in [1.29, 1.82) is 0 Å². The first kappa shape index (κ1) is 11.2. The highest BCUT2D eigenvalue weighted by Crippen LogP contribution is 2.45. The number of nitrogens with two attached hydrogens (primary N) is 1. The van der Waals surface area contributed by atoms with Crippen LogP contribution in [0.4, 0.5) is 0 Å². The number of carbonyl (C=O) groups is 1. The second-order valence-electron chi connectivity index (χ2n) is 4.61. The summed E-state index contributed by atoms with van der Waals surface area (Å²) < 4.78 is 0. The minimum atomic E-state index is -0.124. The van der Waals surface area contributed by atoms with Crippen LogP contribution >= 0.6 is 0 Å². The van der Waals surface area contributed by atoms with Crippen LogP contribution in [0, 0.1) is 0 Å². The van der Waals surface area contributed by atoms with Gasteiger partial charge in [-0.15, -0.1) is 0 Å². The summed E-state index contributed by atoms with van der Waals surface area (Å²) in [6.07, 6.45) is 0.438. The Bertz CT molecular complexity index is 558. The summed E-state index contributed by atoms with van der Waals surface area (Å²) in [6, 6.07) is 16.3. The first-order chi connectivity index (χ1) is 8.83. The normalized spacial score (nSPS) is 13.2. The zero-order chi connectivity index (χ0) is 12.5. The molecule has 0 aliphatic heterocycles. The maximum absolute atomic E-state index is 12.3. The summed E-state index contributed by atoms with van der Waals surface area (Å²) in [6.45, 7) is 0.416. The van der Waals surface area contributed by atoms with Gasteiger partial charge in [-0.2, -0.15) is 0 Å². The molecule has 0 amide bonds. The van der Waals surface area contributed by atoms with Crippen LogP contribution in [0.25, 0.3) is 11.1 Å². The predicted molar refractivity (Wildman–Crippen MR) is 72.4 cm³/mol. The van der Waals surface area contributed by atoms with E-state index >= 15 is 0 Å². The van der Waals surface area contributed by atoms with Crippen LogP contribution in [-0.4, -0.2) is 12.3 Å². The van der Waals surface area contributed by atoms with E-state index in [1.54, 1.807) is 0 Å². The van der Waals surface area contributed by atoms with Crippen LogP contribution in [0.1, 0.15) is 23.5 Å². The average molecular weight is 237 g/mol. The van der Waals surface area contributed by atoms with E-state index in [2.05, 4.69) is 24.3 Å². The molecule has 1 aliphatic rings. The number of ketones is 1. The van der Waals surface area contributed by atoms with E-state index in [0.29, 0.717) is 13.0 Å². The molecule has 0 spiro atoms. The van der Waals surface area contributed by atoms with Crippen LogP contribution < -0.4 is 5.73 Å². The number of fused-ring (bicyclic) bond motifs is 3. The van der Waals surface area contributed by atoms with E-state index in [0.717, 1.165) is 11.1 Å². The third-order valence-corrected chi connectivity index (χ3v) is 3.55. The van der Waals surface area contributed by atoms with Crippen LogP contribution in [0.5, 0.6) is 0 Å². The third-order valence-electron chi connectivity index (χ3n) is 3.55. The lowest BCUT2D eigenvalue weighted by molar-refractivity contribution is -0.119. The summed E-state index contributed by atoms with van der Waals surface area (Å²) in [4.78, 5) is 12.3. The lowest BCUT2D eigenvalue weighted by Crippen LogP contribution is -2.15. The van der Waals surface area contributed by atoms with Gasteiger partial charge in [-0.25, -0.2) is 0 Å². The van der Waals surface area contributed by atoms with Gasteiger partial charge in [0.05, 0.1) is 5.92 Å². The molecule has 2 aromatic rings. The molecule has 18 heavy (non-hydrogen) atoms. The van der Waals surface area contributed by atoms with Crippen molar-refractivity contribution < 1.29 is 4.79 Å². The van der Waals surface area contributed by atoms with Gasteiger partial charge in [-0.3, -0.25) is 4.79 Å². The van der Waals surface area contributed by atoms with Crippen molar-refractivity contribution in [1.82, 2.24) is 0 Å². The molecular formula is C16H15NO. The Morgan fingerprint density at radius 1 is 0.944 bits per heavy atom. The topological polar surface area (TPSA) is 43.1 Å². The highest BCUT2D eigenvalue weighted by atomic mass is 16.1. The van der Waals surface area contributed by atoms with Crippen LogP contribution in [-0.2, 0) is 4.79 Å². The molecule has 0 unspecified atom stereocenters. The summed E-state index contributed by atoms with van der Waals surface area (Å²) in [5.74, 6) is 0.0934. The van der Waals surface area contributed by atoms with E-state index in [-0.39, 0.29) is 11.7 Å². The number of Topliss-reactive ketones (excluding diaryl/α,β-unsaturated/α-hetero) is 1. The molecule has 90 valence electrons. The van der Waals surface area contributed by atoms with Crippen LogP contribution in [0.3, 0.4) is 0 Å². The number of benzene rings is 2. The van der Waals surface area contributed by atoms with E-state index in [9.17, 15) is 4.79 Å². The Hall–Kier alpha value is -1.93. The van der Waals surface area contributed by atoms with E-state index in [4.69, 9.17) is 5.73 Å². The average Bonchev–Trinajstić information content (AvgIpc) is 2.73. The molecule has 2 heteroatoms. The van der Waals surface area contributed by atoms with Gasteiger partial charge in [0.1, 0.15) is 5.78 Å². The fourth-order valence-corrected chi connectivity index (χ4v) is 2.79. The zero-order valence-electron chi connectivity index (χ0n) is 10.1. The molecule has 2 aromatic carbocycles. The van der Waals surface area contributed by atoms with Gasteiger partial charge in [-0.1, -0.05) is 48.5 Å². The van der Waals surface area contributed by atoms with Crippen molar-refractivity contribution in [3.05, 3.63) is 59.7 Å². The van der Waals surface area contributed by atoms with Crippen molar-refractivity contribution in [2.45, 2.75) is 12.3 Å². The third kappa shape index (κ3) is 1.57. The number of hydrogen-bond acceptors (Lipinski definition) is 2. The lowest BCUT2D eigenvalue weighted by Gasteiger charge is -2.11. The van der Waals surface area contributed by atoms with Gasteiger partial charge in [0.15, 0.2) is 0 Å². The molecule has 0 saturated heterocycles. The lowest BCUT2D eigenvalue weighted by atomic mass is 9.91. The molecule has 0 aromatic heterocycles. The maximum atomic E-state index is 12.3. The highest BCUT2D eigenvalue weighted by molar-refractivity contribution is 5.97. The van der Waals surface area contributed by atoms with Crippen molar-refractivity contribution in [3.63, 3.8) is 0 Å². The second kappa shape index (κ2) is 4.39. The number of carbonyl (C=O) groups excluding carboxylic acids is 1. The molecule has 0 heterocycles. The van der Waals surface area contributed by atoms with Gasteiger partial charge in [0, 0.05) is 6.42 Å². The highest BCUT2D eigenvalue weighted by Gasteiger charge is 2.32. The molecular weight excluding hydrogens is 222 g/mol. The monoisotopic (exact) mass is 237 g/mol. The van der Waals surface area contributed by atoms with Gasteiger partial charge in [0.2, 0.25) is 0 Å². The molecule has 0 saturated carbocycles. The van der Waals surface area contributed by atoms with Gasteiger partial charge in [-0.05, 0) is 28.8 Å². The Kier molecular flexibility index (Phi) is 2.73. The standard InChI is InChI=1S/C16H15NO/c17-10-9-15(18)16-13-7-3-1-5-11(13)12-6-2-4-8-14(12)16/h1-8,16H,9-10,17H2. The van der Waals surface area contributed by atoms with E-state index < -0.39 is 0 Å². The molecule has 1 aliphatic carbocycles. The molecule has 2 nitrogen and oxygen atoms in total. The molecule has 3 rings (SSSR count). The SMILES string of the molecule is NCCC(=O)C1c2ccccc2-c2ccccc21. The summed E-state index contributed by atoms with van der Waals surface area (Å²) in [7, 11) is 0. The maximum Gasteiger partial charge on any atom is 0.146 e. The van der Waals surface area contributed by atoms with Crippen molar-refractivity contribution in [2.24, 2.45) is 5.73 Å². The zero-order valence-corrected chi connectivity index (χ0v) is 10.1. The second-order valence-corrected chi connectivity index (χ2v) is 4.61. The van der Waals surface area contributed by atoms with Gasteiger partial charge < -0.3 is 5.73 Å². The number of hydrogen-bond donors (Lipinski definition) is 1. The molecule has 2 N–H and O–H groups in total. The Morgan fingerprint density at radius 2 is 1.44 bits per heavy atom. The summed E-state index contributed by atoms with van der Waals surface area (Å²) in [5.41, 5.74) is 10.1. The van der Waals surface area contributed by atoms with Crippen molar-refractivity contribution >= 4 is 5.78 Å². The fraction of sp³-hybridized carbons (Fsp3) is 0.188. The van der Waals surface area contributed by atoms with E-state index in [1.165, 1.54) is 11.1 Å². The quantitative estimate of drug-likeness (QED) is 0.892. The molecule has 0 atom stereocenters. The van der Waals surface area contributed by atoms with Gasteiger partial charge >= 0.3 is 0 Å². The molecule has 0 fully saturated rings. The van der Waals surface area contributed by atoms with Crippen molar-refractivity contribution in [3.8, 4) is 11.1 Å².